The van der Waals surface area contributed by atoms with Gasteiger partial charge in [0.1, 0.15) is 13.1 Å². The van der Waals surface area contributed by atoms with E-state index in [1.165, 1.54) is 18.2 Å². The molecule has 1 heterocycles. The monoisotopic (exact) mass is 302 g/mol. The standard InChI is InChI=1S/C11H8Cl2N2O4/c12-6-1-7(13)3-8(2-6)15-9(16)4-14(11(15)19)5-10(17)18/h1-3H,4-5H2,(H,17,18). The molecule has 6 nitrogen and oxygen atoms in total. The van der Waals surface area contributed by atoms with E-state index in [1.54, 1.807) is 0 Å². The van der Waals surface area contributed by atoms with Crippen LogP contribution in [0.15, 0.2) is 18.2 Å². The molecule has 1 saturated heterocycles. The molecule has 1 aliphatic heterocycles. The van der Waals surface area contributed by atoms with Gasteiger partial charge in [-0.3, -0.25) is 9.59 Å². The van der Waals surface area contributed by atoms with Crippen LogP contribution in [0.25, 0.3) is 0 Å². The van der Waals surface area contributed by atoms with Crippen LogP contribution in [0.1, 0.15) is 0 Å². The number of imide groups is 1. The Labute approximate surface area is 118 Å². The van der Waals surface area contributed by atoms with Crippen LogP contribution in [0.2, 0.25) is 10.0 Å². The zero-order valence-corrected chi connectivity index (χ0v) is 11.0. The first kappa shape index (κ1) is 13.6. The van der Waals surface area contributed by atoms with Crippen molar-refractivity contribution in [2.24, 2.45) is 0 Å². The Kier molecular flexibility index (Phi) is 3.64. The molecule has 0 aromatic heterocycles. The maximum Gasteiger partial charge on any atom is 0.332 e. The van der Waals surface area contributed by atoms with Gasteiger partial charge in [0, 0.05) is 10.0 Å². The Hall–Kier alpha value is -1.79. The Bertz CT molecular complexity index is 556. The second-order valence-electron chi connectivity index (χ2n) is 3.89. The van der Waals surface area contributed by atoms with Gasteiger partial charge >= 0.3 is 12.0 Å². The van der Waals surface area contributed by atoms with E-state index in [9.17, 15) is 14.4 Å². The van der Waals surface area contributed by atoms with Gasteiger partial charge in [0.2, 0.25) is 0 Å². The molecule has 2 rings (SSSR count). The summed E-state index contributed by atoms with van der Waals surface area (Å²) < 4.78 is 0. The number of carboxylic acid groups (broad SMARTS) is 1. The molecule has 0 radical (unpaired) electrons. The fourth-order valence-corrected chi connectivity index (χ4v) is 2.27. The molecule has 3 amide bonds. The van der Waals surface area contributed by atoms with E-state index >= 15 is 0 Å². The molecule has 0 unspecified atom stereocenters. The zero-order chi connectivity index (χ0) is 14.2. The van der Waals surface area contributed by atoms with E-state index in [-0.39, 0.29) is 22.3 Å². The van der Waals surface area contributed by atoms with Gasteiger partial charge in [0.15, 0.2) is 0 Å². The molecular weight excluding hydrogens is 295 g/mol. The van der Waals surface area contributed by atoms with E-state index in [0.29, 0.717) is 0 Å². The van der Waals surface area contributed by atoms with Gasteiger partial charge in [-0.15, -0.1) is 0 Å². The molecule has 19 heavy (non-hydrogen) atoms. The smallest absolute Gasteiger partial charge is 0.332 e. The number of carboxylic acids is 1. The lowest BCUT2D eigenvalue weighted by Crippen LogP contribution is -2.35. The number of aliphatic carboxylic acids is 1. The Morgan fingerprint density at radius 2 is 1.79 bits per heavy atom. The normalized spacial score (nSPS) is 15.3. The molecule has 0 saturated carbocycles. The topological polar surface area (TPSA) is 77.9 Å². The van der Waals surface area contributed by atoms with E-state index < -0.39 is 24.5 Å². The minimum Gasteiger partial charge on any atom is -0.480 e. The van der Waals surface area contributed by atoms with Crippen molar-refractivity contribution in [3.8, 4) is 0 Å². The van der Waals surface area contributed by atoms with Crippen molar-refractivity contribution in [1.82, 2.24) is 4.90 Å². The number of halogens is 2. The lowest BCUT2D eigenvalue weighted by atomic mass is 10.3. The third-order valence-electron chi connectivity index (χ3n) is 2.47. The summed E-state index contributed by atoms with van der Waals surface area (Å²) in [5.74, 6) is -1.71. The molecule has 1 N–H and O–H groups in total. The number of carbonyl (C=O) groups excluding carboxylic acids is 2. The molecule has 1 aliphatic rings. The highest BCUT2D eigenvalue weighted by molar-refractivity contribution is 6.35. The van der Waals surface area contributed by atoms with Gasteiger partial charge < -0.3 is 10.0 Å². The highest BCUT2D eigenvalue weighted by atomic mass is 35.5. The van der Waals surface area contributed by atoms with Crippen molar-refractivity contribution in [3.05, 3.63) is 28.2 Å². The summed E-state index contributed by atoms with van der Waals surface area (Å²) in [6.07, 6.45) is 0. The molecule has 1 aromatic rings. The first-order valence-electron chi connectivity index (χ1n) is 5.18. The Balaban J connectivity index is 2.32. The van der Waals surface area contributed by atoms with Crippen molar-refractivity contribution in [3.63, 3.8) is 0 Å². The van der Waals surface area contributed by atoms with Crippen molar-refractivity contribution in [2.75, 3.05) is 18.0 Å². The van der Waals surface area contributed by atoms with Gasteiger partial charge in [0.25, 0.3) is 5.91 Å². The molecule has 1 aromatic carbocycles. The molecule has 1 fully saturated rings. The fourth-order valence-electron chi connectivity index (χ4n) is 1.76. The quantitative estimate of drug-likeness (QED) is 0.864. The van der Waals surface area contributed by atoms with Crippen LogP contribution >= 0.6 is 23.2 Å². The second-order valence-corrected chi connectivity index (χ2v) is 4.76. The highest BCUT2D eigenvalue weighted by Gasteiger charge is 2.38. The van der Waals surface area contributed by atoms with E-state index in [1.807, 2.05) is 0 Å². The van der Waals surface area contributed by atoms with Crippen LogP contribution in [0.3, 0.4) is 0 Å². The van der Waals surface area contributed by atoms with Gasteiger partial charge in [-0.1, -0.05) is 23.2 Å². The molecule has 100 valence electrons. The summed E-state index contributed by atoms with van der Waals surface area (Å²) in [7, 11) is 0. The molecule has 8 heteroatoms. The van der Waals surface area contributed by atoms with Crippen LogP contribution in [0.4, 0.5) is 10.5 Å². The summed E-state index contributed by atoms with van der Waals surface area (Å²) in [5, 5.41) is 9.21. The average molecular weight is 303 g/mol. The molecule has 0 bridgehead atoms. The molecule has 0 spiro atoms. The van der Waals surface area contributed by atoms with Crippen LogP contribution < -0.4 is 4.90 Å². The Morgan fingerprint density at radius 1 is 1.21 bits per heavy atom. The predicted octanol–water partition coefficient (Wildman–Crippen LogP) is 1.85. The summed E-state index contributed by atoms with van der Waals surface area (Å²) >= 11 is 11.6. The third-order valence-corrected chi connectivity index (χ3v) is 2.91. The Morgan fingerprint density at radius 3 is 2.32 bits per heavy atom. The lowest BCUT2D eigenvalue weighted by molar-refractivity contribution is -0.137. The fraction of sp³-hybridized carbons (Fsp3) is 0.182. The summed E-state index contributed by atoms with van der Waals surface area (Å²) in [4.78, 5) is 36.1. The van der Waals surface area contributed by atoms with Gasteiger partial charge in [-0.05, 0) is 18.2 Å². The maximum atomic E-state index is 12.0. The maximum absolute atomic E-state index is 12.0. The van der Waals surface area contributed by atoms with Crippen molar-refractivity contribution in [1.29, 1.82) is 0 Å². The molecule has 0 atom stereocenters. The van der Waals surface area contributed by atoms with Crippen LogP contribution in [-0.4, -0.2) is 41.0 Å². The minimum atomic E-state index is -1.19. The number of hydrogen-bond acceptors (Lipinski definition) is 3. The van der Waals surface area contributed by atoms with Gasteiger partial charge in [-0.25, -0.2) is 9.69 Å². The number of nitrogens with zero attached hydrogens (tertiary/aromatic N) is 2. The number of anilines is 1. The summed E-state index contributed by atoms with van der Waals surface area (Å²) in [6.45, 7) is -0.815. The summed E-state index contributed by atoms with van der Waals surface area (Å²) in [5.41, 5.74) is 0.223. The largest absolute Gasteiger partial charge is 0.480 e. The van der Waals surface area contributed by atoms with Crippen molar-refractivity contribution >= 4 is 46.8 Å². The SMILES string of the molecule is O=C(O)CN1CC(=O)N(c2cc(Cl)cc(Cl)c2)C1=O. The lowest BCUT2D eigenvalue weighted by Gasteiger charge is -2.16. The van der Waals surface area contributed by atoms with Crippen LogP contribution in [0.5, 0.6) is 0 Å². The molecule has 0 aliphatic carbocycles. The first-order chi connectivity index (χ1) is 8.88. The van der Waals surface area contributed by atoms with Gasteiger partial charge in [-0.2, -0.15) is 0 Å². The number of amides is 3. The minimum absolute atomic E-state index is 0.223. The number of rotatable bonds is 3. The predicted molar refractivity (Wildman–Crippen MR) is 68.6 cm³/mol. The third kappa shape index (κ3) is 2.80. The van der Waals surface area contributed by atoms with E-state index in [0.717, 1.165) is 9.80 Å². The zero-order valence-electron chi connectivity index (χ0n) is 9.47. The van der Waals surface area contributed by atoms with E-state index in [4.69, 9.17) is 28.3 Å². The average Bonchev–Trinajstić information content (AvgIpc) is 2.51. The summed E-state index contributed by atoms with van der Waals surface area (Å²) in [6, 6.07) is 3.58. The van der Waals surface area contributed by atoms with Crippen LogP contribution in [0, 0.1) is 0 Å². The number of urea groups is 1. The van der Waals surface area contributed by atoms with Crippen molar-refractivity contribution in [2.45, 2.75) is 0 Å². The number of hydrogen-bond donors (Lipinski definition) is 1. The van der Waals surface area contributed by atoms with Crippen LogP contribution in [-0.2, 0) is 9.59 Å². The van der Waals surface area contributed by atoms with E-state index in [2.05, 4.69) is 0 Å². The second kappa shape index (κ2) is 5.07. The highest BCUT2D eigenvalue weighted by Crippen LogP contribution is 2.28. The number of carbonyl (C=O) groups is 3. The first-order valence-corrected chi connectivity index (χ1v) is 5.94. The van der Waals surface area contributed by atoms with Gasteiger partial charge in [0.05, 0.1) is 5.69 Å². The van der Waals surface area contributed by atoms with Crippen molar-refractivity contribution < 1.29 is 19.5 Å². The number of benzene rings is 1. The molecular formula is C11H8Cl2N2O4.